The summed E-state index contributed by atoms with van der Waals surface area (Å²) >= 11 is 0. The van der Waals surface area contributed by atoms with Crippen LogP contribution >= 0.6 is 18.1 Å². The molecule has 6 atom stereocenters. The fraction of sp³-hybridized carbons (Fsp3) is 0.636. The first kappa shape index (κ1) is 17.1. The average molecular weight is 363 g/mol. The summed E-state index contributed by atoms with van der Waals surface area (Å²) in [5, 5.41) is 1.88. The highest BCUT2D eigenvalue weighted by atomic mass is 33.2. The molecule has 0 heterocycles. The lowest BCUT2D eigenvalue weighted by molar-refractivity contribution is 0.555. The third kappa shape index (κ3) is 2.51. The van der Waals surface area contributed by atoms with Gasteiger partial charge in [-0.1, -0.05) is 48.6 Å². The van der Waals surface area contributed by atoms with Crippen LogP contribution in [0.1, 0.15) is 25.7 Å². The Balaban J connectivity index is 1.61. The Bertz CT molecular complexity index is 553. The van der Waals surface area contributed by atoms with Gasteiger partial charge in [-0.2, -0.15) is 0 Å². The van der Waals surface area contributed by atoms with E-state index in [2.05, 4.69) is 73.6 Å². The topological polar surface area (TPSA) is 0 Å². The van der Waals surface area contributed by atoms with Crippen LogP contribution in [0.2, 0.25) is 0 Å². The van der Waals surface area contributed by atoms with Crippen LogP contribution < -0.4 is 0 Å². The van der Waals surface area contributed by atoms with Gasteiger partial charge in [-0.25, -0.2) is 18.1 Å². The smallest absolute Gasteiger partial charge is 0.00235 e. The van der Waals surface area contributed by atoms with E-state index in [-0.39, 0.29) is 0 Å². The molecular weight excluding hydrogens is 328 g/mol. The first-order valence-corrected chi connectivity index (χ1v) is 15.1. The maximum atomic E-state index is 2.71. The molecule has 0 saturated heterocycles. The quantitative estimate of drug-likeness (QED) is 0.534. The monoisotopic (exact) mass is 362 g/mol. The predicted octanol–water partition coefficient (Wildman–Crippen LogP) is 6.07. The second kappa shape index (κ2) is 6.13. The Morgan fingerprint density at radius 3 is 1.33 bits per heavy atom. The maximum Gasteiger partial charge on any atom is 0.00235 e. The summed E-state index contributed by atoms with van der Waals surface area (Å²) in [6.07, 6.45) is 35.8. The van der Waals surface area contributed by atoms with Gasteiger partial charge in [0, 0.05) is 10.5 Å². The predicted molar refractivity (Wildman–Crippen MR) is 115 cm³/mol. The molecule has 0 aromatic heterocycles. The van der Waals surface area contributed by atoms with E-state index in [1.54, 1.807) is 0 Å². The van der Waals surface area contributed by atoms with Gasteiger partial charge in [-0.05, 0) is 74.4 Å². The number of hydrogen-bond acceptors (Lipinski definition) is 0. The Morgan fingerprint density at radius 1 is 0.542 bits per heavy atom. The minimum absolute atomic E-state index is 0.602. The van der Waals surface area contributed by atoms with E-state index in [4.69, 9.17) is 0 Å². The second-order valence-electron chi connectivity index (χ2n) is 8.87. The molecular formula is C22H34S2. The van der Waals surface area contributed by atoms with Crippen molar-refractivity contribution in [2.45, 2.75) is 36.2 Å². The van der Waals surface area contributed by atoms with E-state index in [9.17, 15) is 0 Å². The van der Waals surface area contributed by atoms with Gasteiger partial charge < -0.3 is 0 Å². The molecule has 0 aromatic rings. The third-order valence-electron chi connectivity index (χ3n) is 7.59. The lowest BCUT2D eigenvalue weighted by Gasteiger charge is -2.60. The second-order valence-corrected chi connectivity index (χ2v) is 20.5. The molecule has 0 N–H and O–H groups in total. The van der Waals surface area contributed by atoms with Crippen LogP contribution in [0, 0.1) is 23.7 Å². The molecule has 0 bridgehead atoms. The molecule has 134 valence electrons. The van der Waals surface area contributed by atoms with Crippen LogP contribution in [0.5, 0.6) is 0 Å². The van der Waals surface area contributed by atoms with Gasteiger partial charge in [-0.15, -0.1) is 0 Å². The molecule has 4 unspecified atom stereocenters. The van der Waals surface area contributed by atoms with Crippen LogP contribution in [0.4, 0.5) is 0 Å². The number of rotatable bonds is 3. The van der Waals surface area contributed by atoms with E-state index in [0.29, 0.717) is 0 Å². The molecule has 0 nitrogen and oxygen atoms in total. The van der Waals surface area contributed by atoms with E-state index in [0.717, 1.165) is 34.2 Å². The zero-order chi connectivity index (χ0) is 16.9. The highest BCUT2D eigenvalue weighted by Gasteiger charge is 2.50. The minimum Gasteiger partial charge on any atom is -0.212 e. The van der Waals surface area contributed by atoms with Crippen molar-refractivity contribution < 1.29 is 0 Å². The summed E-state index contributed by atoms with van der Waals surface area (Å²) < 4.78 is 0. The minimum atomic E-state index is -0.602. The molecule has 2 heteroatoms. The van der Waals surface area contributed by atoms with Crippen molar-refractivity contribution in [2.24, 2.45) is 23.7 Å². The molecule has 0 aliphatic heterocycles. The van der Waals surface area contributed by atoms with Crippen molar-refractivity contribution >= 4 is 18.1 Å². The van der Waals surface area contributed by atoms with E-state index >= 15 is 0 Å². The largest absolute Gasteiger partial charge is 0.212 e. The molecule has 24 heavy (non-hydrogen) atoms. The molecule has 0 radical (unpaired) electrons. The summed E-state index contributed by atoms with van der Waals surface area (Å²) in [4.78, 5) is 0. The van der Waals surface area contributed by atoms with Crippen molar-refractivity contribution in [1.29, 1.82) is 0 Å². The Kier molecular flexibility index (Phi) is 4.36. The fourth-order valence-corrected chi connectivity index (χ4v) is 15.7. The molecule has 0 aromatic carbocycles. The van der Waals surface area contributed by atoms with Gasteiger partial charge in [-0.3, -0.25) is 0 Å². The molecule has 4 aliphatic carbocycles. The van der Waals surface area contributed by atoms with Crippen molar-refractivity contribution in [1.82, 2.24) is 0 Å². The van der Waals surface area contributed by atoms with Gasteiger partial charge in [0.2, 0.25) is 0 Å². The molecule has 2 fully saturated rings. The first-order valence-electron chi connectivity index (χ1n) is 9.57. The molecule has 4 aliphatic rings. The zero-order valence-electron chi connectivity index (χ0n) is 15.7. The molecule has 4 rings (SSSR count). The Hall–Kier alpha value is -0.340. The summed E-state index contributed by atoms with van der Waals surface area (Å²) in [5.41, 5.74) is 0. The fourth-order valence-electron chi connectivity index (χ4n) is 5.78. The number of fused-ring (bicyclic) bond motifs is 2. The summed E-state index contributed by atoms with van der Waals surface area (Å²) in [6, 6.07) is 0. The Morgan fingerprint density at radius 2 is 0.917 bits per heavy atom. The van der Waals surface area contributed by atoms with Crippen LogP contribution in [0.25, 0.3) is 0 Å². The molecule has 0 amide bonds. The third-order valence-corrected chi connectivity index (χ3v) is 21.9. The van der Waals surface area contributed by atoms with E-state index in [1.165, 1.54) is 25.7 Å². The molecule has 0 spiro atoms. The maximum absolute atomic E-state index is 2.71. The van der Waals surface area contributed by atoms with Gasteiger partial charge in [0.1, 0.15) is 0 Å². The van der Waals surface area contributed by atoms with Crippen LogP contribution in [-0.4, -0.2) is 35.5 Å². The summed E-state index contributed by atoms with van der Waals surface area (Å²) in [6.45, 7) is 0. The van der Waals surface area contributed by atoms with Crippen molar-refractivity contribution in [3.05, 3.63) is 48.6 Å². The van der Waals surface area contributed by atoms with Crippen molar-refractivity contribution in [3.63, 3.8) is 0 Å². The van der Waals surface area contributed by atoms with E-state index in [1.807, 2.05) is 0 Å². The summed E-state index contributed by atoms with van der Waals surface area (Å²) in [7, 11) is -1.20. The van der Waals surface area contributed by atoms with Crippen molar-refractivity contribution in [3.8, 4) is 0 Å². The SMILES string of the molecule is CS(C)(C1CCC2C=CC=CC21)S(C)(C)C1CC[C@@H]2C=CC=C[C@H]12. The zero-order valence-corrected chi connectivity index (χ0v) is 17.4. The summed E-state index contributed by atoms with van der Waals surface area (Å²) in [5.74, 6) is 3.31. The van der Waals surface area contributed by atoms with Crippen LogP contribution in [0.15, 0.2) is 48.6 Å². The lowest BCUT2D eigenvalue weighted by Crippen LogP contribution is -2.33. The average Bonchev–Trinajstić information content (AvgIpc) is 3.19. The number of hydrogen-bond donors (Lipinski definition) is 0. The highest BCUT2D eigenvalue weighted by molar-refractivity contribution is 9.08. The number of allylic oxidation sites excluding steroid dienone is 8. The normalized spacial score (nSPS) is 42.2. The van der Waals surface area contributed by atoms with E-state index < -0.39 is 18.1 Å². The lowest BCUT2D eigenvalue weighted by atomic mass is 9.92. The highest BCUT2D eigenvalue weighted by Crippen LogP contribution is 2.83. The van der Waals surface area contributed by atoms with Crippen molar-refractivity contribution in [2.75, 3.05) is 25.0 Å². The van der Waals surface area contributed by atoms with Gasteiger partial charge >= 0.3 is 0 Å². The van der Waals surface area contributed by atoms with Gasteiger partial charge in [0.05, 0.1) is 0 Å². The van der Waals surface area contributed by atoms with Gasteiger partial charge in [0.25, 0.3) is 0 Å². The Labute approximate surface area is 151 Å². The molecule has 2 saturated carbocycles. The van der Waals surface area contributed by atoms with Gasteiger partial charge in [0.15, 0.2) is 0 Å². The van der Waals surface area contributed by atoms with Crippen LogP contribution in [-0.2, 0) is 0 Å². The standard InChI is InChI=1S/C22H34S2/c1-23(2,21-15-13-17-9-5-7-11-19(17)21)24(3,4)22-16-14-18-10-6-8-12-20(18)22/h5-12,17-22H,13-16H2,1-4H3/t17-,18?,19-,20?,21?,22?/m0/s1. The first-order chi connectivity index (χ1) is 11.4. The van der Waals surface area contributed by atoms with Crippen LogP contribution in [0.3, 0.4) is 0 Å².